The first-order chi connectivity index (χ1) is 10.8. The highest BCUT2D eigenvalue weighted by molar-refractivity contribution is 7.17. The van der Waals surface area contributed by atoms with Crippen LogP contribution in [0.3, 0.4) is 0 Å². The van der Waals surface area contributed by atoms with Crippen molar-refractivity contribution in [1.29, 1.82) is 0 Å². The molecule has 0 N–H and O–H groups in total. The zero-order valence-electron chi connectivity index (χ0n) is 14.1. The molecule has 5 nitrogen and oxygen atoms in total. The SMILES string of the molecule is Cc1ncnc2scc(C3CCN(C(=O)OC(C)(C)C)CC3)c12. The van der Waals surface area contributed by atoms with Crippen LogP contribution in [0.15, 0.2) is 11.7 Å². The molecule has 1 saturated heterocycles. The molecule has 3 heterocycles. The summed E-state index contributed by atoms with van der Waals surface area (Å²) in [4.78, 5) is 23.7. The summed E-state index contributed by atoms with van der Waals surface area (Å²) in [7, 11) is 0. The number of hydrogen-bond donors (Lipinski definition) is 0. The number of piperidine rings is 1. The van der Waals surface area contributed by atoms with Crippen LogP contribution in [0.25, 0.3) is 10.2 Å². The van der Waals surface area contributed by atoms with Gasteiger partial charge in [-0.3, -0.25) is 0 Å². The molecule has 0 atom stereocenters. The summed E-state index contributed by atoms with van der Waals surface area (Å²) in [5.74, 6) is 0.465. The maximum atomic E-state index is 12.2. The number of carbonyl (C=O) groups excluding carboxylic acids is 1. The molecular weight excluding hydrogens is 310 g/mol. The van der Waals surface area contributed by atoms with Gasteiger partial charge in [-0.15, -0.1) is 11.3 Å². The van der Waals surface area contributed by atoms with E-state index in [1.54, 1.807) is 17.7 Å². The van der Waals surface area contributed by atoms with Gasteiger partial charge in [0.15, 0.2) is 0 Å². The van der Waals surface area contributed by atoms with E-state index in [9.17, 15) is 4.79 Å². The molecular formula is C17H23N3O2S. The monoisotopic (exact) mass is 333 g/mol. The number of aryl methyl sites for hydroxylation is 1. The molecule has 2 aromatic heterocycles. The van der Waals surface area contributed by atoms with Gasteiger partial charge in [-0.05, 0) is 57.4 Å². The molecule has 124 valence electrons. The molecule has 2 aromatic rings. The number of fused-ring (bicyclic) bond motifs is 1. The van der Waals surface area contributed by atoms with Gasteiger partial charge in [-0.2, -0.15) is 0 Å². The fourth-order valence-corrected chi connectivity index (χ4v) is 4.09. The number of thiophene rings is 1. The minimum atomic E-state index is -0.439. The third kappa shape index (κ3) is 3.47. The van der Waals surface area contributed by atoms with Crippen LogP contribution in [0, 0.1) is 6.92 Å². The average molecular weight is 333 g/mol. The van der Waals surface area contributed by atoms with Crippen molar-refractivity contribution in [2.24, 2.45) is 0 Å². The summed E-state index contributed by atoms with van der Waals surface area (Å²) in [5, 5.41) is 3.41. The maximum absolute atomic E-state index is 12.2. The van der Waals surface area contributed by atoms with E-state index in [0.29, 0.717) is 5.92 Å². The Morgan fingerprint density at radius 2 is 2.00 bits per heavy atom. The van der Waals surface area contributed by atoms with E-state index < -0.39 is 5.60 Å². The summed E-state index contributed by atoms with van der Waals surface area (Å²) in [6.07, 6.45) is 3.34. The molecule has 1 aliphatic heterocycles. The quantitative estimate of drug-likeness (QED) is 0.788. The van der Waals surface area contributed by atoms with E-state index in [0.717, 1.165) is 36.5 Å². The summed E-state index contributed by atoms with van der Waals surface area (Å²) >= 11 is 1.68. The van der Waals surface area contributed by atoms with E-state index in [2.05, 4.69) is 15.3 Å². The Bertz CT molecular complexity index is 712. The molecule has 1 amide bonds. The lowest BCUT2D eigenvalue weighted by molar-refractivity contribution is 0.0205. The van der Waals surface area contributed by atoms with Crippen LogP contribution >= 0.6 is 11.3 Å². The highest BCUT2D eigenvalue weighted by atomic mass is 32.1. The first-order valence-electron chi connectivity index (χ1n) is 8.02. The Balaban J connectivity index is 1.70. The minimum Gasteiger partial charge on any atom is -0.444 e. The second-order valence-electron chi connectivity index (χ2n) is 7.07. The second kappa shape index (κ2) is 6.07. The zero-order chi connectivity index (χ0) is 16.6. The van der Waals surface area contributed by atoms with Crippen molar-refractivity contribution in [1.82, 2.24) is 14.9 Å². The smallest absolute Gasteiger partial charge is 0.410 e. The van der Waals surface area contributed by atoms with E-state index >= 15 is 0 Å². The lowest BCUT2D eigenvalue weighted by Gasteiger charge is -2.33. The van der Waals surface area contributed by atoms with Crippen LogP contribution in [0.5, 0.6) is 0 Å². The van der Waals surface area contributed by atoms with Gasteiger partial charge < -0.3 is 9.64 Å². The summed E-state index contributed by atoms with van der Waals surface area (Å²) in [6.45, 7) is 9.22. The highest BCUT2D eigenvalue weighted by Crippen LogP contribution is 2.37. The Labute approximate surface area is 140 Å². The number of carbonyl (C=O) groups is 1. The molecule has 0 aromatic carbocycles. The van der Waals surface area contributed by atoms with Crippen molar-refractivity contribution in [2.75, 3.05) is 13.1 Å². The van der Waals surface area contributed by atoms with Crippen molar-refractivity contribution in [3.05, 3.63) is 23.0 Å². The molecule has 3 rings (SSSR count). The van der Waals surface area contributed by atoms with Gasteiger partial charge in [-0.25, -0.2) is 14.8 Å². The molecule has 1 aliphatic rings. The molecule has 0 saturated carbocycles. The summed E-state index contributed by atoms with van der Waals surface area (Å²) in [5.41, 5.74) is 1.94. The van der Waals surface area contributed by atoms with Crippen LogP contribution in [0.1, 0.15) is 50.8 Å². The van der Waals surface area contributed by atoms with Gasteiger partial charge >= 0.3 is 6.09 Å². The fourth-order valence-electron chi connectivity index (χ4n) is 3.05. The molecule has 6 heteroatoms. The van der Waals surface area contributed by atoms with Gasteiger partial charge in [0.1, 0.15) is 16.8 Å². The number of aromatic nitrogens is 2. The second-order valence-corrected chi connectivity index (χ2v) is 7.93. The number of likely N-dealkylation sites (tertiary alicyclic amines) is 1. The van der Waals surface area contributed by atoms with E-state index in [1.165, 1.54) is 10.9 Å². The molecule has 0 unspecified atom stereocenters. The number of nitrogens with zero attached hydrogens (tertiary/aromatic N) is 3. The third-order valence-electron chi connectivity index (χ3n) is 4.17. The standard InChI is InChI=1S/C17H23N3O2S/c1-11-14-13(9-23-15(14)19-10-18-11)12-5-7-20(8-6-12)16(21)22-17(2,3)4/h9-10,12H,5-8H2,1-4H3. The first-order valence-corrected chi connectivity index (χ1v) is 8.90. The van der Waals surface area contributed by atoms with Gasteiger partial charge in [0, 0.05) is 24.2 Å². The van der Waals surface area contributed by atoms with E-state index in [-0.39, 0.29) is 6.09 Å². The molecule has 1 fully saturated rings. The fraction of sp³-hybridized carbons (Fsp3) is 0.588. The van der Waals surface area contributed by atoms with Crippen molar-refractivity contribution in [3.63, 3.8) is 0 Å². The molecule has 0 aliphatic carbocycles. The van der Waals surface area contributed by atoms with E-state index in [4.69, 9.17) is 4.74 Å². The lowest BCUT2D eigenvalue weighted by Crippen LogP contribution is -2.41. The van der Waals surface area contributed by atoms with Crippen molar-refractivity contribution < 1.29 is 9.53 Å². The predicted molar refractivity (Wildman–Crippen MR) is 91.9 cm³/mol. The molecule has 23 heavy (non-hydrogen) atoms. The highest BCUT2D eigenvalue weighted by Gasteiger charge is 2.28. The molecule has 0 radical (unpaired) electrons. The predicted octanol–water partition coefficient (Wildman–Crippen LogP) is 4.11. The minimum absolute atomic E-state index is 0.203. The Kier molecular flexibility index (Phi) is 4.27. The van der Waals surface area contributed by atoms with Gasteiger partial charge in [0.05, 0.1) is 0 Å². The van der Waals surface area contributed by atoms with Crippen LogP contribution in [-0.2, 0) is 4.74 Å². The third-order valence-corrected chi connectivity index (χ3v) is 5.08. The van der Waals surface area contributed by atoms with Crippen molar-refractivity contribution >= 4 is 27.6 Å². The first kappa shape index (κ1) is 16.2. The number of ether oxygens (including phenoxy) is 1. The Morgan fingerprint density at radius 1 is 1.30 bits per heavy atom. The number of amides is 1. The average Bonchev–Trinajstić information content (AvgIpc) is 2.91. The number of rotatable bonds is 1. The largest absolute Gasteiger partial charge is 0.444 e. The van der Waals surface area contributed by atoms with E-state index in [1.807, 2.05) is 32.6 Å². The molecule has 0 spiro atoms. The van der Waals surface area contributed by atoms with Crippen molar-refractivity contribution in [2.45, 2.75) is 52.1 Å². The molecule has 0 bridgehead atoms. The van der Waals surface area contributed by atoms with Crippen LogP contribution in [0.4, 0.5) is 4.79 Å². The van der Waals surface area contributed by atoms with Crippen LogP contribution in [0.2, 0.25) is 0 Å². The Hall–Kier alpha value is -1.69. The number of hydrogen-bond acceptors (Lipinski definition) is 5. The van der Waals surface area contributed by atoms with Crippen LogP contribution in [-0.4, -0.2) is 39.7 Å². The van der Waals surface area contributed by atoms with Gasteiger partial charge in [0.25, 0.3) is 0 Å². The normalized spacial score (nSPS) is 16.8. The van der Waals surface area contributed by atoms with Crippen LogP contribution < -0.4 is 0 Å². The van der Waals surface area contributed by atoms with Gasteiger partial charge in [0.2, 0.25) is 0 Å². The zero-order valence-corrected chi connectivity index (χ0v) is 14.9. The Morgan fingerprint density at radius 3 is 2.65 bits per heavy atom. The lowest BCUT2D eigenvalue weighted by atomic mass is 9.89. The topological polar surface area (TPSA) is 55.3 Å². The van der Waals surface area contributed by atoms with Gasteiger partial charge in [-0.1, -0.05) is 0 Å². The van der Waals surface area contributed by atoms with Crippen molar-refractivity contribution in [3.8, 4) is 0 Å². The maximum Gasteiger partial charge on any atom is 0.410 e. The summed E-state index contributed by atoms with van der Waals surface area (Å²) in [6, 6.07) is 0. The summed E-state index contributed by atoms with van der Waals surface area (Å²) < 4.78 is 5.46.